The number of carboxylic acid groups (broad SMARTS) is 1. The summed E-state index contributed by atoms with van der Waals surface area (Å²) in [5, 5.41) is 8.74. The van der Waals surface area contributed by atoms with Crippen LogP contribution in [0.2, 0.25) is 0 Å². The number of H-pyrrole nitrogens is 1. The Morgan fingerprint density at radius 3 is 2.65 bits per heavy atom. The smallest absolute Gasteiger partial charge is 0.308 e. The summed E-state index contributed by atoms with van der Waals surface area (Å²) in [5.74, 6) is -0.957. The molecule has 0 spiro atoms. The first-order chi connectivity index (χ1) is 8.16. The molecule has 2 N–H and O–H groups in total. The zero-order valence-electron chi connectivity index (χ0n) is 9.79. The topological polar surface area (TPSA) is 70.2 Å². The predicted molar refractivity (Wildman–Crippen MR) is 64.3 cm³/mol. The van der Waals surface area contributed by atoms with Gasteiger partial charge in [-0.2, -0.15) is 0 Å². The lowest BCUT2D eigenvalue weighted by Gasteiger charge is -2.14. The minimum absolute atomic E-state index is 0.192. The Morgan fingerprint density at radius 1 is 1.24 bits per heavy atom. The zero-order valence-corrected chi connectivity index (χ0v) is 9.79. The molecule has 1 aliphatic carbocycles. The summed E-state index contributed by atoms with van der Waals surface area (Å²) in [6.45, 7) is 0. The lowest BCUT2D eigenvalue weighted by Crippen LogP contribution is -2.20. The Balaban J connectivity index is 2.35. The number of rotatable bonds is 2. The van der Waals surface area contributed by atoms with Crippen molar-refractivity contribution in [2.24, 2.45) is 0 Å². The number of nitrogens with one attached hydrogen (secondary N) is 1. The normalized spacial score (nSPS) is 15.8. The van der Waals surface area contributed by atoms with Crippen LogP contribution in [0, 0.1) is 0 Å². The maximum atomic E-state index is 11.7. The Bertz CT molecular complexity index is 476. The molecule has 0 atom stereocenters. The molecule has 0 saturated carbocycles. The van der Waals surface area contributed by atoms with Crippen LogP contribution in [-0.4, -0.2) is 16.1 Å². The van der Waals surface area contributed by atoms with E-state index in [0.29, 0.717) is 5.56 Å². The van der Waals surface area contributed by atoms with Crippen LogP contribution in [0.15, 0.2) is 10.9 Å². The van der Waals surface area contributed by atoms with Gasteiger partial charge in [-0.25, -0.2) is 0 Å². The van der Waals surface area contributed by atoms with Crippen molar-refractivity contribution in [1.82, 2.24) is 4.98 Å². The molecule has 0 amide bonds. The molecule has 0 radical (unpaired) electrons. The molecule has 0 saturated heterocycles. The van der Waals surface area contributed by atoms with Crippen LogP contribution in [0.5, 0.6) is 0 Å². The van der Waals surface area contributed by atoms with E-state index in [9.17, 15) is 9.59 Å². The first-order valence-electron chi connectivity index (χ1n) is 6.12. The second kappa shape index (κ2) is 5.17. The number of aromatic nitrogens is 1. The largest absolute Gasteiger partial charge is 0.481 e. The molecule has 0 bridgehead atoms. The van der Waals surface area contributed by atoms with Crippen molar-refractivity contribution < 1.29 is 9.90 Å². The van der Waals surface area contributed by atoms with E-state index in [4.69, 9.17) is 5.11 Å². The van der Waals surface area contributed by atoms with Crippen LogP contribution in [0.3, 0.4) is 0 Å². The first-order valence-corrected chi connectivity index (χ1v) is 6.12. The molecule has 0 aliphatic heterocycles. The third kappa shape index (κ3) is 2.96. The van der Waals surface area contributed by atoms with Crippen molar-refractivity contribution in [3.05, 3.63) is 33.2 Å². The van der Waals surface area contributed by atoms with Gasteiger partial charge in [-0.15, -0.1) is 0 Å². The van der Waals surface area contributed by atoms with Crippen molar-refractivity contribution in [3.8, 4) is 0 Å². The molecule has 0 unspecified atom stereocenters. The molecule has 0 fully saturated rings. The number of aryl methyl sites for hydroxylation is 2. The molecule has 4 heteroatoms. The molecular weight excluding hydrogens is 218 g/mol. The predicted octanol–water partition coefficient (Wildman–Crippen LogP) is 1.66. The van der Waals surface area contributed by atoms with Gasteiger partial charge < -0.3 is 10.1 Å². The highest BCUT2D eigenvalue weighted by atomic mass is 16.4. The number of fused-ring (bicyclic) bond motifs is 1. The van der Waals surface area contributed by atoms with Gasteiger partial charge in [0.05, 0.1) is 6.42 Å². The minimum Gasteiger partial charge on any atom is -0.481 e. The highest BCUT2D eigenvalue weighted by Gasteiger charge is 2.12. The van der Waals surface area contributed by atoms with Crippen molar-refractivity contribution in [3.63, 3.8) is 0 Å². The summed E-state index contributed by atoms with van der Waals surface area (Å²) in [4.78, 5) is 25.2. The van der Waals surface area contributed by atoms with Gasteiger partial charge >= 0.3 is 5.97 Å². The Kier molecular flexibility index (Phi) is 3.61. The SMILES string of the molecule is O=C(O)Cc1cc2c([nH]c1=O)CCCCCC2. The second-order valence-corrected chi connectivity index (χ2v) is 4.61. The van der Waals surface area contributed by atoms with E-state index in [2.05, 4.69) is 4.98 Å². The monoisotopic (exact) mass is 235 g/mol. The fourth-order valence-corrected chi connectivity index (χ4v) is 2.37. The molecule has 0 aromatic carbocycles. The van der Waals surface area contributed by atoms with Gasteiger partial charge in [0.2, 0.25) is 0 Å². The van der Waals surface area contributed by atoms with E-state index >= 15 is 0 Å². The van der Waals surface area contributed by atoms with E-state index in [1.54, 1.807) is 6.07 Å². The standard InChI is InChI=1S/C13H17NO3/c15-12(16)8-10-7-9-5-3-1-2-4-6-11(9)14-13(10)17/h7H,1-6,8H2,(H,14,17)(H,15,16). The van der Waals surface area contributed by atoms with Gasteiger partial charge in [-0.05, 0) is 37.3 Å². The molecule has 1 aliphatic rings. The third-order valence-electron chi connectivity index (χ3n) is 3.26. The average Bonchev–Trinajstić information content (AvgIpc) is 2.23. The fraction of sp³-hybridized carbons (Fsp3) is 0.538. The molecule has 4 nitrogen and oxygen atoms in total. The van der Waals surface area contributed by atoms with Crippen molar-refractivity contribution in [1.29, 1.82) is 0 Å². The average molecular weight is 235 g/mol. The maximum Gasteiger partial charge on any atom is 0.308 e. The van der Waals surface area contributed by atoms with Gasteiger partial charge in [0.15, 0.2) is 0 Å². The number of hydrogen-bond donors (Lipinski definition) is 2. The fourth-order valence-electron chi connectivity index (χ4n) is 2.37. The highest BCUT2D eigenvalue weighted by molar-refractivity contribution is 5.70. The summed E-state index contributed by atoms with van der Waals surface area (Å²) >= 11 is 0. The minimum atomic E-state index is -0.957. The molecule has 1 aromatic rings. The highest BCUT2D eigenvalue weighted by Crippen LogP contribution is 2.18. The lowest BCUT2D eigenvalue weighted by atomic mass is 9.96. The molecule has 1 heterocycles. The van der Waals surface area contributed by atoms with E-state index in [1.165, 1.54) is 12.8 Å². The second-order valence-electron chi connectivity index (χ2n) is 4.61. The van der Waals surface area contributed by atoms with Crippen molar-refractivity contribution >= 4 is 5.97 Å². The van der Waals surface area contributed by atoms with E-state index in [0.717, 1.165) is 36.9 Å². The van der Waals surface area contributed by atoms with Gasteiger partial charge in [-0.1, -0.05) is 12.8 Å². The Morgan fingerprint density at radius 2 is 1.94 bits per heavy atom. The number of aliphatic carboxylic acids is 1. The van der Waals surface area contributed by atoms with Crippen LogP contribution in [0.1, 0.15) is 42.5 Å². The van der Waals surface area contributed by atoms with Crippen LogP contribution >= 0.6 is 0 Å². The summed E-state index contributed by atoms with van der Waals surface area (Å²) in [6, 6.07) is 1.79. The Labute approximate surface area is 99.7 Å². The van der Waals surface area contributed by atoms with Crippen LogP contribution in [0.25, 0.3) is 0 Å². The lowest BCUT2D eigenvalue weighted by molar-refractivity contribution is -0.136. The number of aromatic amines is 1. The number of carboxylic acids is 1. The molecular formula is C13H17NO3. The van der Waals surface area contributed by atoms with Gasteiger partial charge in [-0.3, -0.25) is 9.59 Å². The maximum absolute atomic E-state index is 11.7. The summed E-state index contributed by atoms with van der Waals surface area (Å²) in [5.41, 5.74) is 2.26. The van der Waals surface area contributed by atoms with Crippen LogP contribution in [-0.2, 0) is 24.1 Å². The molecule has 17 heavy (non-hydrogen) atoms. The van der Waals surface area contributed by atoms with E-state index in [-0.39, 0.29) is 12.0 Å². The van der Waals surface area contributed by atoms with Crippen molar-refractivity contribution in [2.75, 3.05) is 0 Å². The van der Waals surface area contributed by atoms with E-state index in [1.807, 2.05) is 0 Å². The van der Waals surface area contributed by atoms with Crippen molar-refractivity contribution in [2.45, 2.75) is 44.9 Å². The van der Waals surface area contributed by atoms with Gasteiger partial charge in [0.25, 0.3) is 5.56 Å². The molecule has 1 aromatic heterocycles. The van der Waals surface area contributed by atoms with Gasteiger partial charge in [0, 0.05) is 11.3 Å². The number of pyridine rings is 1. The third-order valence-corrected chi connectivity index (χ3v) is 3.26. The summed E-state index contributed by atoms with van der Waals surface area (Å²) < 4.78 is 0. The zero-order chi connectivity index (χ0) is 12.3. The number of hydrogen-bond acceptors (Lipinski definition) is 2. The summed E-state index contributed by atoms with van der Waals surface area (Å²) in [6.07, 6.45) is 6.29. The van der Waals surface area contributed by atoms with E-state index < -0.39 is 5.97 Å². The molecule has 2 rings (SSSR count). The first kappa shape index (κ1) is 11.9. The van der Waals surface area contributed by atoms with Gasteiger partial charge in [0.1, 0.15) is 0 Å². The Hall–Kier alpha value is -1.58. The van der Waals surface area contributed by atoms with Crippen LogP contribution < -0.4 is 5.56 Å². The quantitative estimate of drug-likeness (QED) is 0.819. The summed E-state index contributed by atoms with van der Waals surface area (Å²) in [7, 11) is 0. The molecule has 92 valence electrons. The number of carbonyl (C=O) groups is 1. The van der Waals surface area contributed by atoms with Crippen LogP contribution in [0.4, 0.5) is 0 Å².